The van der Waals surface area contributed by atoms with Gasteiger partial charge in [0, 0.05) is 0 Å². The van der Waals surface area contributed by atoms with E-state index in [1.807, 2.05) is 55.5 Å². The van der Waals surface area contributed by atoms with Crippen molar-refractivity contribution in [2.24, 2.45) is 0 Å². The van der Waals surface area contributed by atoms with E-state index >= 15 is 0 Å². The largest absolute Gasteiger partial charge is 0.465 e. The van der Waals surface area contributed by atoms with E-state index in [9.17, 15) is 0 Å². The van der Waals surface area contributed by atoms with Crippen LogP contribution in [0, 0.1) is 6.92 Å². The van der Waals surface area contributed by atoms with Crippen LogP contribution in [0.4, 0.5) is 5.69 Å². The molecule has 3 heteroatoms. The molecule has 0 atom stereocenters. The summed E-state index contributed by atoms with van der Waals surface area (Å²) < 4.78 is 11.0. The van der Waals surface area contributed by atoms with Gasteiger partial charge in [0.15, 0.2) is 6.79 Å². The topological polar surface area (TPSA) is 44.5 Å². The second-order valence-electron chi connectivity index (χ2n) is 4.09. The normalized spacial score (nSPS) is 10.3. The first-order chi connectivity index (χ1) is 8.77. The van der Waals surface area contributed by atoms with Crippen molar-refractivity contribution in [1.82, 2.24) is 0 Å². The molecular formula is C15H17NO2. The predicted octanol–water partition coefficient (Wildman–Crippen LogP) is 3.13. The lowest BCUT2D eigenvalue weighted by atomic mass is 10.2. The standard InChI is InChI=1S/C15H17NO2/c1-12-6-5-9-14(16)15(12)18-11-17-10-13-7-3-2-4-8-13/h2-9H,10-11,16H2,1H3. The van der Waals surface area contributed by atoms with Crippen LogP contribution in [0.25, 0.3) is 0 Å². The van der Waals surface area contributed by atoms with Gasteiger partial charge in [0.25, 0.3) is 0 Å². The molecule has 0 aromatic heterocycles. The maximum atomic E-state index is 5.83. The van der Waals surface area contributed by atoms with Crippen molar-refractivity contribution in [2.45, 2.75) is 13.5 Å². The van der Waals surface area contributed by atoms with Crippen LogP contribution in [0.5, 0.6) is 5.75 Å². The van der Waals surface area contributed by atoms with Crippen molar-refractivity contribution in [1.29, 1.82) is 0 Å². The number of nitrogen functional groups attached to an aromatic ring is 1. The van der Waals surface area contributed by atoms with Crippen LogP contribution >= 0.6 is 0 Å². The van der Waals surface area contributed by atoms with E-state index in [0.717, 1.165) is 11.1 Å². The fourth-order valence-electron chi connectivity index (χ4n) is 1.71. The van der Waals surface area contributed by atoms with Crippen molar-refractivity contribution < 1.29 is 9.47 Å². The molecule has 0 aliphatic heterocycles. The van der Waals surface area contributed by atoms with Gasteiger partial charge in [-0.1, -0.05) is 42.5 Å². The molecule has 0 unspecified atom stereocenters. The van der Waals surface area contributed by atoms with Crippen molar-refractivity contribution >= 4 is 5.69 Å². The molecule has 2 aromatic rings. The number of benzene rings is 2. The van der Waals surface area contributed by atoms with Crippen LogP contribution in [0.15, 0.2) is 48.5 Å². The number of ether oxygens (including phenoxy) is 2. The lowest BCUT2D eigenvalue weighted by molar-refractivity contribution is 0.00510. The zero-order valence-electron chi connectivity index (χ0n) is 10.4. The molecule has 0 saturated heterocycles. The number of anilines is 1. The van der Waals surface area contributed by atoms with Gasteiger partial charge in [-0.15, -0.1) is 0 Å². The van der Waals surface area contributed by atoms with Gasteiger partial charge >= 0.3 is 0 Å². The minimum absolute atomic E-state index is 0.198. The summed E-state index contributed by atoms with van der Waals surface area (Å²) in [6, 6.07) is 15.7. The third-order valence-electron chi connectivity index (χ3n) is 2.64. The Kier molecular flexibility index (Phi) is 4.20. The lowest BCUT2D eigenvalue weighted by Gasteiger charge is -2.11. The smallest absolute Gasteiger partial charge is 0.189 e. The fraction of sp³-hybridized carbons (Fsp3) is 0.200. The molecule has 0 amide bonds. The monoisotopic (exact) mass is 243 g/mol. The highest BCUT2D eigenvalue weighted by molar-refractivity contribution is 5.56. The summed E-state index contributed by atoms with van der Waals surface area (Å²) >= 11 is 0. The van der Waals surface area contributed by atoms with E-state index < -0.39 is 0 Å². The molecule has 0 fully saturated rings. The van der Waals surface area contributed by atoms with E-state index in [1.165, 1.54) is 0 Å². The van der Waals surface area contributed by atoms with Gasteiger partial charge in [-0.25, -0.2) is 0 Å². The number of aryl methyl sites for hydroxylation is 1. The van der Waals surface area contributed by atoms with Gasteiger partial charge in [-0.2, -0.15) is 0 Å². The highest BCUT2D eigenvalue weighted by Gasteiger charge is 2.03. The molecule has 94 valence electrons. The highest BCUT2D eigenvalue weighted by atomic mass is 16.7. The van der Waals surface area contributed by atoms with E-state index in [-0.39, 0.29) is 6.79 Å². The first-order valence-electron chi connectivity index (χ1n) is 5.87. The Morgan fingerprint density at radius 3 is 2.50 bits per heavy atom. The average Bonchev–Trinajstić information content (AvgIpc) is 2.38. The second-order valence-corrected chi connectivity index (χ2v) is 4.09. The minimum atomic E-state index is 0.198. The summed E-state index contributed by atoms with van der Waals surface area (Å²) in [6.45, 7) is 2.69. The Morgan fingerprint density at radius 2 is 1.78 bits per heavy atom. The van der Waals surface area contributed by atoms with Crippen molar-refractivity contribution in [2.75, 3.05) is 12.5 Å². The molecule has 0 aliphatic carbocycles. The Bertz CT molecular complexity index is 477. The molecule has 0 saturated carbocycles. The number of hydrogen-bond donors (Lipinski definition) is 1. The zero-order valence-corrected chi connectivity index (χ0v) is 10.4. The van der Waals surface area contributed by atoms with Crippen LogP contribution in [-0.2, 0) is 11.3 Å². The van der Waals surface area contributed by atoms with Gasteiger partial charge in [-0.05, 0) is 24.1 Å². The zero-order chi connectivity index (χ0) is 12.8. The second kappa shape index (κ2) is 6.07. The van der Waals surface area contributed by atoms with Crippen LogP contribution in [0.1, 0.15) is 11.1 Å². The van der Waals surface area contributed by atoms with Gasteiger partial charge in [0.2, 0.25) is 0 Å². The van der Waals surface area contributed by atoms with Gasteiger partial charge in [0.05, 0.1) is 12.3 Å². The van der Waals surface area contributed by atoms with Crippen LogP contribution in [0.2, 0.25) is 0 Å². The van der Waals surface area contributed by atoms with Gasteiger partial charge in [0.1, 0.15) is 5.75 Å². The molecule has 2 rings (SSSR count). The first kappa shape index (κ1) is 12.5. The molecule has 3 nitrogen and oxygen atoms in total. The molecular weight excluding hydrogens is 226 g/mol. The third kappa shape index (κ3) is 3.25. The average molecular weight is 243 g/mol. The van der Waals surface area contributed by atoms with E-state index in [4.69, 9.17) is 15.2 Å². The number of nitrogens with two attached hydrogens (primary N) is 1. The summed E-state index contributed by atoms with van der Waals surface area (Å²) in [4.78, 5) is 0. The fourth-order valence-corrected chi connectivity index (χ4v) is 1.71. The summed E-state index contributed by atoms with van der Waals surface area (Å²) in [5, 5.41) is 0. The number of rotatable bonds is 5. The maximum absolute atomic E-state index is 5.83. The van der Waals surface area contributed by atoms with Crippen molar-refractivity contribution in [3.05, 3.63) is 59.7 Å². The highest BCUT2D eigenvalue weighted by Crippen LogP contribution is 2.25. The quantitative estimate of drug-likeness (QED) is 0.498. The number of para-hydroxylation sites is 1. The summed E-state index contributed by atoms with van der Waals surface area (Å²) in [6.07, 6.45) is 0. The molecule has 0 spiro atoms. The first-order valence-corrected chi connectivity index (χ1v) is 5.87. The van der Waals surface area contributed by atoms with E-state index in [2.05, 4.69) is 0 Å². The SMILES string of the molecule is Cc1cccc(N)c1OCOCc1ccccc1. The maximum Gasteiger partial charge on any atom is 0.189 e. The molecule has 0 aliphatic rings. The Hall–Kier alpha value is -2.00. The lowest BCUT2D eigenvalue weighted by Crippen LogP contribution is -2.05. The molecule has 2 aromatic carbocycles. The summed E-state index contributed by atoms with van der Waals surface area (Å²) in [5.74, 6) is 0.700. The van der Waals surface area contributed by atoms with Crippen LogP contribution in [-0.4, -0.2) is 6.79 Å². The Balaban J connectivity index is 1.82. The van der Waals surface area contributed by atoms with E-state index in [0.29, 0.717) is 18.0 Å². The third-order valence-corrected chi connectivity index (χ3v) is 2.64. The van der Waals surface area contributed by atoms with E-state index in [1.54, 1.807) is 0 Å². The van der Waals surface area contributed by atoms with Crippen LogP contribution in [0.3, 0.4) is 0 Å². The minimum Gasteiger partial charge on any atom is -0.465 e. The summed E-state index contributed by atoms with van der Waals surface area (Å²) in [7, 11) is 0. The Morgan fingerprint density at radius 1 is 1.00 bits per heavy atom. The number of hydrogen-bond acceptors (Lipinski definition) is 3. The molecule has 18 heavy (non-hydrogen) atoms. The molecule has 0 radical (unpaired) electrons. The Labute approximate surface area is 107 Å². The van der Waals surface area contributed by atoms with Gasteiger partial charge < -0.3 is 15.2 Å². The molecule has 2 N–H and O–H groups in total. The predicted molar refractivity (Wildman–Crippen MR) is 72.3 cm³/mol. The van der Waals surface area contributed by atoms with Crippen molar-refractivity contribution in [3.63, 3.8) is 0 Å². The molecule has 0 heterocycles. The van der Waals surface area contributed by atoms with Crippen molar-refractivity contribution in [3.8, 4) is 5.75 Å². The van der Waals surface area contributed by atoms with Gasteiger partial charge in [-0.3, -0.25) is 0 Å². The summed E-state index contributed by atoms with van der Waals surface area (Å²) in [5.41, 5.74) is 8.61. The molecule has 0 bridgehead atoms. The van der Waals surface area contributed by atoms with Crippen LogP contribution < -0.4 is 10.5 Å².